The van der Waals surface area contributed by atoms with E-state index < -0.39 is 26.1 Å². The van der Waals surface area contributed by atoms with Gasteiger partial charge in [0, 0.05) is 43.2 Å². The quantitative estimate of drug-likeness (QED) is 0.333. The summed E-state index contributed by atoms with van der Waals surface area (Å²) in [6.07, 6.45) is 3.04. The molecule has 2 unspecified atom stereocenters. The molecule has 1 heterocycles. The molecule has 8 nitrogen and oxygen atoms in total. The Balaban J connectivity index is 2.09. The number of carbonyl (C=O) groups excluding carboxylic acids is 1. The van der Waals surface area contributed by atoms with E-state index >= 15 is 0 Å². The number of nitrogens with one attached hydrogen (secondary N) is 1. The summed E-state index contributed by atoms with van der Waals surface area (Å²) in [6.45, 7) is 1.29. The molecule has 3 atom stereocenters. The van der Waals surface area contributed by atoms with Gasteiger partial charge in [-0.1, -0.05) is 11.8 Å². The molecule has 1 saturated carbocycles. The first-order valence-electron chi connectivity index (χ1n) is 8.59. The maximum absolute atomic E-state index is 12.2. The molecule has 3 N–H and O–H groups in total. The van der Waals surface area contributed by atoms with E-state index in [1.165, 1.54) is 29.2 Å². The van der Waals surface area contributed by atoms with Crippen molar-refractivity contribution in [2.75, 3.05) is 12.9 Å². The van der Waals surface area contributed by atoms with Gasteiger partial charge in [-0.3, -0.25) is 14.8 Å². The van der Waals surface area contributed by atoms with Gasteiger partial charge in [0.15, 0.2) is 14.6 Å². The molecule has 1 aromatic rings. The van der Waals surface area contributed by atoms with E-state index in [-0.39, 0.29) is 31.4 Å². The van der Waals surface area contributed by atoms with Crippen molar-refractivity contribution in [2.45, 2.75) is 31.1 Å². The summed E-state index contributed by atoms with van der Waals surface area (Å²) in [5.41, 5.74) is 1.43. The van der Waals surface area contributed by atoms with Crippen LogP contribution in [-0.4, -0.2) is 46.8 Å². The third-order valence-corrected chi connectivity index (χ3v) is 6.94. The fourth-order valence-corrected chi connectivity index (χ4v) is 3.39. The zero-order valence-corrected chi connectivity index (χ0v) is 16.4. The van der Waals surface area contributed by atoms with Crippen molar-refractivity contribution < 1.29 is 23.5 Å². The van der Waals surface area contributed by atoms with E-state index in [0.717, 1.165) is 12.7 Å². The lowest BCUT2D eigenvalue weighted by atomic mass is 10.1. The first kappa shape index (κ1) is 21.7. The number of hydrogen-bond donors (Lipinski definition) is 3. The number of hydroxylamine groups is 1. The van der Waals surface area contributed by atoms with Crippen LogP contribution in [-0.2, 0) is 21.2 Å². The predicted molar refractivity (Wildman–Crippen MR) is 102 cm³/mol. The first-order valence-corrected chi connectivity index (χ1v) is 10.5. The number of sulfone groups is 1. The molecule has 1 aliphatic carbocycles. The zero-order valence-electron chi connectivity index (χ0n) is 15.6. The van der Waals surface area contributed by atoms with Gasteiger partial charge in [0.1, 0.15) is 0 Å². The Hall–Kier alpha value is -2.59. The van der Waals surface area contributed by atoms with E-state index in [2.05, 4.69) is 23.7 Å². The van der Waals surface area contributed by atoms with Crippen molar-refractivity contribution >= 4 is 15.7 Å². The number of aliphatic hydroxyl groups excluding tert-OH is 1. The molecular formula is C19H22N2O6S. The van der Waals surface area contributed by atoms with Crippen LogP contribution >= 0.6 is 0 Å². The van der Waals surface area contributed by atoms with Gasteiger partial charge in [-0.25, -0.2) is 13.9 Å². The molecule has 9 heteroatoms. The molecule has 0 radical (unpaired) electrons. The fraction of sp³-hybridized carbons (Fsp3) is 0.474. The third-order valence-electron chi connectivity index (χ3n) is 4.91. The van der Waals surface area contributed by atoms with E-state index in [0.29, 0.717) is 5.56 Å². The lowest BCUT2D eigenvalue weighted by molar-refractivity contribution is -0.131. The van der Waals surface area contributed by atoms with Crippen molar-refractivity contribution in [2.24, 2.45) is 11.8 Å². The Morgan fingerprint density at radius 2 is 2.14 bits per heavy atom. The van der Waals surface area contributed by atoms with E-state index in [4.69, 9.17) is 10.3 Å². The minimum atomic E-state index is -3.83. The number of aryl methyl sites for hydroxylation is 1. The Morgan fingerprint density at radius 3 is 2.68 bits per heavy atom. The molecule has 0 spiro atoms. The van der Waals surface area contributed by atoms with Crippen LogP contribution in [0.1, 0.15) is 25.3 Å². The van der Waals surface area contributed by atoms with Crippen LogP contribution in [0.15, 0.2) is 23.1 Å². The monoisotopic (exact) mass is 406 g/mol. The molecule has 0 saturated heterocycles. The Kier molecular flexibility index (Phi) is 6.68. The smallest absolute Gasteiger partial charge is 0.264 e. The SMILES string of the molecule is CC(CCn1ccc(C#CC#CC2C[C@@H]2CO)cc1=O)(C(=O)NO)S(C)(=O)=O. The highest BCUT2D eigenvalue weighted by molar-refractivity contribution is 7.92. The number of amides is 1. The zero-order chi connectivity index (χ0) is 20.9. The molecule has 2 rings (SSSR count). The lowest BCUT2D eigenvalue weighted by Gasteiger charge is -2.25. The van der Waals surface area contributed by atoms with E-state index in [1.54, 1.807) is 6.07 Å². The highest BCUT2D eigenvalue weighted by atomic mass is 32.2. The van der Waals surface area contributed by atoms with Crippen LogP contribution in [0, 0.1) is 35.5 Å². The van der Waals surface area contributed by atoms with Crippen LogP contribution in [0.4, 0.5) is 0 Å². The number of carbonyl (C=O) groups is 1. The number of rotatable bonds is 6. The van der Waals surface area contributed by atoms with Gasteiger partial charge in [0.25, 0.3) is 11.5 Å². The molecule has 0 aliphatic heterocycles. The number of aromatic nitrogens is 1. The topological polar surface area (TPSA) is 126 Å². The minimum Gasteiger partial charge on any atom is -0.396 e. The number of pyridine rings is 1. The molecule has 150 valence electrons. The van der Waals surface area contributed by atoms with Crippen LogP contribution in [0.25, 0.3) is 0 Å². The standard InChI is InChI=1S/C19H22N2O6S/c1-19(18(24)20-25,28(2,26)27)8-10-21-9-7-14(11-17(21)23)5-3-4-6-15-12-16(15)13-22/h7,9,11,15-16,22,25H,8,10,12-13H2,1-2H3,(H,20,24)/t15?,16-,19?/m1/s1. The lowest BCUT2D eigenvalue weighted by Crippen LogP contribution is -2.49. The normalized spacial score (nSPS) is 20.0. The molecule has 1 aliphatic rings. The molecule has 1 amide bonds. The van der Waals surface area contributed by atoms with Crippen molar-refractivity contribution in [3.05, 3.63) is 34.2 Å². The second kappa shape index (κ2) is 8.61. The van der Waals surface area contributed by atoms with Gasteiger partial charge in [0.2, 0.25) is 0 Å². The van der Waals surface area contributed by atoms with Gasteiger partial charge in [-0.15, -0.1) is 0 Å². The first-order chi connectivity index (χ1) is 13.1. The summed E-state index contributed by atoms with van der Waals surface area (Å²) in [6, 6.07) is 2.89. The van der Waals surface area contributed by atoms with Gasteiger partial charge >= 0.3 is 0 Å². The summed E-state index contributed by atoms with van der Waals surface area (Å²) in [7, 11) is -3.83. The van der Waals surface area contributed by atoms with Gasteiger partial charge in [-0.2, -0.15) is 0 Å². The highest BCUT2D eigenvalue weighted by Crippen LogP contribution is 2.36. The summed E-state index contributed by atoms with van der Waals surface area (Å²) in [5, 5.41) is 17.8. The average molecular weight is 406 g/mol. The number of aliphatic hydroxyl groups is 1. The summed E-state index contributed by atoms with van der Waals surface area (Å²) in [4.78, 5) is 24.0. The molecule has 0 aromatic carbocycles. The van der Waals surface area contributed by atoms with Crippen LogP contribution in [0.3, 0.4) is 0 Å². The highest BCUT2D eigenvalue weighted by Gasteiger charge is 2.43. The Bertz CT molecular complexity index is 1040. The minimum absolute atomic E-state index is 0.0342. The van der Waals surface area contributed by atoms with Gasteiger partial charge < -0.3 is 9.67 Å². The summed E-state index contributed by atoms with van der Waals surface area (Å²) in [5.74, 6) is 10.4. The Labute approximate surface area is 163 Å². The van der Waals surface area contributed by atoms with Crippen LogP contribution < -0.4 is 11.0 Å². The average Bonchev–Trinajstić information content (AvgIpc) is 3.41. The number of hydrogen-bond acceptors (Lipinski definition) is 6. The van der Waals surface area contributed by atoms with Crippen molar-refractivity contribution in [1.29, 1.82) is 0 Å². The second-order valence-corrected chi connectivity index (χ2v) is 9.39. The fourth-order valence-electron chi connectivity index (χ4n) is 2.55. The summed E-state index contributed by atoms with van der Waals surface area (Å²) < 4.78 is 23.3. The summed E-state index contributed by atoms with van der Waals surface area (Å²) >= 11 is 0. The second-order valence-electron chi connectivity index (χ2n) is 6.95. The van der Waals surface area contributed by atoms with E-state index in [9.17, 15) is 18.0 Å². The van der Waals surface area contributed by atoms with Gasteiger partial charge in [0.05, 0.1) is 0 Å². The maximum atomic E-state index is 12.2. The van der Waals surface area contributed by atoms with E-state index in [1.807, 2.05) is 0 Å². The van der Waals surface area contributed by atoms with Gasteiger partial charge in [-0.05, 0) is 43.6 Å². The molecular weight excluding hydrogens is 384 g/mol. The van der Waals surface area contributed by atoms with Crippen LogP contribution in [0.5, 0.6) is 0 Å². The van der Waals surface area contributed by atoms with Crippen molar-refractivity contribution in [3.63, 3.8) is 0 Å². The predicted octanol–water partition coefficient (Wildman–Crippen LogP) is -0.470. The molecule has 1 aromatic heterocycles. The van der Waals surface area contributed by atoms with Crippen LogP contribution in [0.2, 0.25) is 0 Å². The number of nitrogens with zero attached hydrogens (tertiary/aromatic N) is 1. The molecule has 1 fully saturated rings. The third kappa shape index (κ3) is 5.02. The maximum Gasteiger partial charge on any atom is 0.264 e. The Morgan fingerprint density at radius 1 is 1.43 bits per heavy atom. The molecule has 0 bridgehead atoms. The van der Waals surface area contributed by atoms with Crippen molar-refractivity contribution in [1.82, 2.24) is 10.0 Å². The largest absolute Gasteiger partial charge is 0.396 e. The van der Waals surface area contributed by atoms with Crippen molar-refractivity contribution in [3.8, 4) is 23.7 Å². The molecule has 28 heavy (non-hydrogen) atoms.